The number of hydrogen-bond acceptors (Lipinski definition) is 3. The van der Waals surface area contributed by atoms with Gasteiger partial charge in [0.25, 0.3) is 0 Å². The highest BCUT2D eigenvalue weighted by molar-refractivity contribution is 5.30. The van der Waals surface area contributed by atoms with Crippen LogP contribution in [-0.2, 0) is 6.54 Å². The maximum Gasteiger partial charge on any atom is 0.0645 e. The summed E-state index contributed by atoms with van der Waals surface area (Å²) in [7, 11) is 0. The Hall–Kier alpha value is -1.65. The molecule has 1 heterocycles. The van der Waals surface area contributed by atoms with Crippen LogP contribution >= 0.6 is 0 Å². The first-order valence-electron chi connectivity index (χ1n) is 7.30. The molecule has 0 radical (unpaired) electrons. The van der Waals surface area contributed by atoms with E-state index in [1.165, 1.54) is 12.0 Å². The number of nitrogens with one attached hydrogen (secondary N) is 1. The summed E-state index contributed by atoms with van der Waals surface area (Å²) in [6.07, 6.45) is 7.48. The summed E-state index contributed by atoms with van der Waals surface area (Å²) in [6.45, 7) is 1.11. The van der Waals surface area contributed by atoms with Crippen molar-refractivity contribution in [2.45, 2.75) is 31.8 Å². The van der Waals surface area contributed by atoms with E-state index in [1.807, 2.05) is 41.2 Å². The van der Waals surface area contributed by atoms with Crippen LogP contribution in [0, 0.1) is 5.92 Å². The van der Waals surface area contributed by atoms with Gasteiger partial charge in [-0.05, 0) is 30.9 Å². The van der Waals surface area contributed by atoms with Crippen molar-refractivity contribution in [1.82, 2.24) is 15.1 Å². The first-order chi connectivity index (χ1) is 9.86. The molecule has 0 amide bonds. The Balaban J connectivity index is 1.60. The lowest BCUT2D eigenvalue weighted by Gasteiger charge is -2.18. The zero-order chi connectivity index (χ0) is 13.8. The molecule has 2 atom stereocenters. The van der Waals surface area contributed by atoms with E-state index in [0.717, 1.165) is 25.1 Å². The normalized spacial score (nSPS) is 22.2. The van der Waals surface area contributed by atoms with Crippen LogP contribution in [0.3, 0.4) is 0 Å². The Kier molecular flexibility index (Phi) is 4.14. The second-order valence-corrected chi connectivity index (χ2v) is 5.49. The van der Waals surface area contributed by atoms with E-state index in [4.69, 9.17) is 0 Å². The van der Waals surface area contributed by atoms with Gasteiger partial charge in [0, 0.05) is 31.0 Å². The lowest BCUT2D eigenvalue weighted by molar-refractivity contribution is 0.205. The SMILES string of the molecule is OCC1CCCC1NCc1cnn(-c2ccccc2)c1. The number of nitrogens with zero attached hydrogens (tertiary/aromatic N) is 2. The Bertz CT molecular complexity index is 538. The molecular formula is C16H21N3O. The Morgan fingerprint density at radius 2 is 2.10 bits per heavy atom. The van der Waals surface area contributed by atoms with Crippen LogP contribution in [0.15, 0.2) is 42.7 Å². The molecule has 106 valence electrons. The van der Waals surface area contributed by atoms with Crippen molar-refractivity contribution in [1.29, 1.82) is 0 Å². The largest absolute Gasteiger partial charge is 0.396 e. The highest BCUT2D eigenvalue weighted by Gasteiger charge is 2.25. The van der Waals surface area contributed by atoms with Crippen LogP contribution in [0.2, 0.25) is 0 Å². The van der Waals surface area contributed by atoms with Gasteiger partial charge in [-0.1, -0.05) is 24.6 Å². The molecule has 1 fully saturated rings. The molecule has 0 bridgehead atoms. The fourth-order valence-corrected chi connectivity index (χ4v) is 2.95. The van der Waals surface area contributed by atoms with E-state index < -0.39 is 0 Å². The van der Waals surface area contributed by atoms with Crippen LogP contribution in [-0.4, -0.2) is 27.5 Å². The van der Waals surface area contributed by atoms with Gasteiger partial charge in [-0.2, -0.15) is 5.10 Å². The topological polar surface area (TPSA) is 50.1 Å². The zero-order valence-corrected chi connectivity index (χ0v) is 11.6. The van der Waals surface area contributed by atoms with E-state index in [2.05, 4.69) is 16.6 Å². The Morgan fingerprint density at radius 3 is 2.90 bits per heavy atom. The maximum atomic E-state index is 9.33. The van der Waals surface area contributed by atoms with Crippen molar-refractivity contribution in [3.8, 4) is 5.69 Å². The molecule has 2 N–H and O–H groups in total. The summed E-state index contributed by atoms with van der Waals surface area (Å²) in [6, 6.07) is 10.6. The summed E-state index contributed by atoms with van der Waals surface area (Å²) in [5, 5.41) is 17.3. The van der Waals surface area contributed by atoms with Crippen LogP contribution in [0.1, 0.15) is 24.8 Å². The average molecular weight is 271 g/mol. The third-order valence-corrected chi connectivity index (χ3v) is 4.12. The Morgan fingerprint density at radius 1 is 1.25 bits per heavy atom. The third kappa shape index (κ3) is 2.92. The molecule has 0 aliphatic heterocycles. The number of benzene rings is 1. The van der Waals surface area contributed by atoms with Gasteiger partial charge < -0.3 is 10.4 Å². The van der Waals surface area contributed by atoms with Crippen molar-refractivity contribution >= 4 is 0 Å². The fraction of sp³-hybridized carbons (Fsp3) is 0.438. The molecule has 1 saturated carbocycles. The average Bonchev–Trinajstić information content (AvgIpc) is 3.15. The quantitative estimate of drug-likeness (QED) is 0.876. The molecule has 2 unspecified atom stereocenters. The molecule has 0 saturated heterocycles. The molecule has 4 nitrogen and oxygen atoms in total. The number of aromatic nitrogens is 2. The predicted molar refractivity (Wildman–Crippen MR) is 78.6 cm³/mol. The number of aliphatic hydroxyl groups excluding tert-OH is 1. The maximum absolute atomic E-state index is 9.33. The standard InChI is InChI=1S/C16H21N3O/c20-12-14-5-4-8-16(14)17-9-13-10-18-19(11-13)15-6-2-1-3-7-15/h1-3,6-7,10-11,14,16-17,20H,4-5,8-9,12H2. The molecule has 1 aromatic heterocycles. The molecule has 1 aliphatic carbocycles. The van der Waals surface area contributed by atoms with Crippen LogP contribution < -0.4 is 5.32 Å². The molecule has 4 heteroatoms. The smallest absolute Gasteiger partial charge is 0.0645 e. The zero-order valence-electron chi connectivity index (χ0n) is 11.6. The van der Waals surface area contributed by atoms with Gasteiger partial charge in [0.15, 0.2) is 0 Å². The van der Waals surface area contributed by atoms with E-state index in [9.17, 15) is 5.11 Å². The van der Waals surface area contributed by atoms with Crippen molar-refractivity contribution < 1.29 is 5.11 Å². The predicted octanol–water partition coefficient (Wildman–Crippen LogP) is 2.12. The van der Waals surface area contributed by atoms with Gasteiger partial charge in [0.1, 0.15) is 0 Å². The van der Waals surface area contributed by atoms with Gasteiger partial charge in [0.2, 0.25) is 0 Å². The minimum absolute atomic E-state index is 0.293. The number of rotatable bonds is 5. The van der Waals surface area contributed by atoms with E-state index in [-0.39, 0.29) is 0 Å². The molecular weight excluding hydrogens is 250 g/mol. The second kappa shape index (κ2) is 6.20. The highest BCUT2D eigenvalue weighted by Crippen LogP contribution is 2.25. The van der Waals surface area contributed by atoms with Gasteiger partial charge in [0.05, 0.1) is 11.9 Å². The molecule has 2 aromatic rings. The van der Waals surface area contributed by atoms with E-state index >= 15 is 0 Å². The van der Waals surface area contributed by atoms with Crippen molar-refractivity contribution in [3.63, 3.8) is 0 Å². The molecule has 1 aliphatic rings. The monoisotopic (exact) mass is 271 g/mol. The van der Waals surface area contributed by atoms with E-state index in [1.54, 1.807) is 0 Å². The van der Waals surface area contributed by atoms with Crippen LogP contribution in [0.25, 0.3) is 5.69 Å². The summed E-state index contributed by atoms with van der Waals surface area (Å²) >= 11 is 0. The lowest BCUT2D eigenvalue weighted by Crippen LogP contribution is -2.33. The summed E-state index contributed by atoms with van der Waals surface area (Å²) < 4.78 is 1.90. The minimum atomic E-state index is 0.293. The van der Waals surface area contributed by atoms with Crippen molar-refractivity contribution in [2.24, 2.45) is 5.92 Å². The molecule has 3 rings (SSSR count). The van der Waals surface area contributed by atoms with Crippen molar-refractivity contribution in [3.05, 3.63) is 48.3 Å². The van der Waals surface area contributed by atoms with E-state index in [0.29, 0.717) is 18.6 Å². The molecule has 1 aromatic carbocycles. The number of para-hydroxylation sites is 1. The van der Waals surface area contributed by atoms with Crippen LogP contribution in [0.5, 0.6) is 0 Å². The second-order valence-electron chi connectivity index (χ2n) is 5.49. The first-order valence-corrected chi connectivity index (χ1v) is 7.30. The van der Waals surface area contributed by atoms with Gasteiger partial charge >= 0.3 is 0 Å². The first kappa shape index (κ1) is 13.3. The third-order valence-electron chi connectivity index (χ3n) is 4.12. The van der Waals surface area contributed by atoms with Crippen LogP contribution in [0.4, 0.5) is 0 Å². The number of aliphatic hydroxyl groups is 1. The molecule has 0 spiro atoms. The fourth-order valence-electron chi connectivity index (χ4n) is 2.95. The van der Waals surface area contributed by atoms with Gasteiger partial charge in [-0.3, -0.25) is 0 Å². The van der Waals surface area contributed by atoms with Crippen molar-refractivity contribution in [2.75, 3.05) is 6.61 Å². The molecule has 20 heavy (non-hydrogen) atoms. The highest BCUT2D eigenvalue weighted by atomic mass is 16.3. The lowest BCUT2D eigenvalue weighted by atomic mass is 10.1. The summed E-state index contributed by atoms with van der Waals surface area (Å²) in [4.78, 5) is 0. The summed E-state index contributed by atoms with van der Waals surface area (Å²) in [5.41, 5.74) is 2.25. The van der Waals surface area contributed by atoms with Gasteiger partial charge in [-0.15, -0.1) is 0 Å². The number of hydrogen-bond donors (Lipinski definition) is 2. The van der Waals surface area contributed by atoms with Gasteiger partial charge in [-0.25, -0.2) is 4.68 Å². The minimum Gasteiger partial charge on any atom is -0.396 e. The Labute approximate surface area is 119 Å². The summed E-state index contributed by atoms with van der Waals surface area (Å²) in [5.74, 6) is 0.416.